The number of phenols is 1. The van der Waals surface area contributed by atoms with Crippen molar-refractivity contribution in [2.45, 2.75) is 45.1 Å². The molecule has 5 heteroatoms. The zero-order valence-electron chi connectivity index (χ0n) is 15.8. The van der Waals surface area contributed by atoms with E-state index in [1.807, 2.05) is 6.07 Å². The van der Waals surface area contributed by atoms with E-state index in [-0.39, 0.29) is 17.6 Å². The molecule has 1 atom stereocenters. The maximum absolute atomic E-state index is 12.6. The second kappa shape index (κ2) is 11.0. The van der Waals surface area contributed by atoms with Crippen LogP contribution in [0.5, 0.6) is 5.75 Å². The molecule has 2 aromatic rings. The van der Waals surface area contributed by atoms with E-state index in [4.69, 9.17) is 0 Å². The van der Waals surface area contributed by atoms with Gasteiger partial charge in [0.25, 0.3) is 5.91 Å². The molecule has 0 radical (unpaired) electrons. The van der Waals surface area contributed by atoms with Gasteiger partial charge >= 0.3 is 0 Å². The van der Waals surface area contributed by atoms with Gasteiger partial charge in [-0.05, 0) is 36.2 Å². The number of hydrogen-bond donors (Lipinski definition) is 3. The van der Waals surface area contributed by atoms with Crippen molar-refractivity contribution < 1.29 is 14.7 Å². The summed E-state index contributed by atoms with van der Waals surface area (Å²) in [5.74, 6) is -0.298. The van der Waals surface area contributed by atoms with Crippen molar-refractivity contribution in [2.24, 2.45) is 0 Å². The van der Waals surface area contributed by atoms with Gasteiger partial charge < -0.3 is 15.7 Å². The summed E-state index contributed by atoms with van der Waals surface area (Å²) in [6.45, 7) is 2.75. The largest absolute Gasteiger partial charge is 0.508 e. The van der Waals surface area contributed by atoms with Crippen LogP contribution in [0.3, 0.4) is 0 Å². The first kappa shape index (κ1) is 20.5. The standard InChI is InChI=1S/C22H28N2O3/c1-2-3-4-8-15-23-22(27)20(16-17-11-13-19(25)14-12-17)24-21(26)18-9-6-5-7-10-18/h5-7,9-14,20,25H,2-4,8,15-16H2,1H3,(H,23,27)(H,24,26). The summed E-state index contributed by atoms with van der Waals surface area (Å²) in [5, 5.41) is 15.2. The normalized spacial score (nSPS) is 11.6. The summed E-state index contributed by atoms with van der Waals surface area (Å²) in [6.07, 6.45) is 4.66. The summed E-state index contributed by atoms with van der Waals surface area (Å²) in [6, 6.07) is 14.8. The van der Waals surface area contributed by atoms with E-state index in [9.17, 15) is 14.7 Å². The number of carbonyl (C=O) groups excluding carboxylic acids is 2. The molecular formula is C22H28N2O3. The Hall–Kier alpha value is -2.82. The molecule has 27 heavy (non-hydrogen) atoms. The smallest absolute Gasteiger partial charge is 0.251 e. The second-order valence-electron chi connectivity index (χ2n) is 6.61. The van der Waals surface area contributed by atoms with Crippen LogP contribution in [0.25, 0.3) is 0 Å². The maximum atomic E-state index is 12.6. The van der Waals surface area contributed by atoms with E-state index in [0.717, 1.165) is 31.2 Å². The van der Waals surface area contributed by atoms with Gasteiger partial charge in [0.2, 0.25) is 5.91 Å². The van der Waals surface area contributed by atoms with E-state index in [0.29, 0.717) is 18.5 Å². The van der Waals surface area contributed by atoms with Gasteiger partial charge in [0.1, 0.15) is 11.8 Å². The molecule has 144 valence electrons. The number of benzene rings is 2. The lowest BCUT2D eigenvalue weighted by atomic mass is 10.0. The molecule has 1 unspecified atom stereocenters. The summed E-state index contributed by atoms with van der Waals surface area (Å²) in [7, 11) is 0. The van der Waals surface area contributed by atoms with E-state index >= 15 is 0 Å². The molecule has 0 heterocycles. The Bertz CT molecular complexity index is 714. The number of unbranched alkanes of at least 4 members (excludes halogenated alkanes) is 3. The zero-order chi connectivity index (χ0) is 19.5. The topological polar surface area (TPSA) is 78.4 Å². The van der Waals surface area contributed by atoms with Crippen molar-refractivity contribution in [2.75, 3.05) is 6.54 Å². The Morgan fingerprint density at radius 1 is 0.963 bits per heavy atom. The first-order valence-electron chi connectivity index (χ1n) is 9.51. The van der Waals surface area contributed by atoms with Crippen molar-refractivity contribution in [3.63, 3.8) is 0 Å². The molecule has 0 spiro atoms. The van der Waals surface area contributed by atoms with Crippen molar-refractivity contribution in [1.29, 1.82) is 0 Å². The number of carbonyl (C=O) groups is 2. The van der Waals surface area contributed by atoms with E-state index in [1.54, 1.807) is 48.5 Å². The molecule has 2 rings (SSSR count). The van der Waals surface area contributed by atoms with Crippen LogP contribution in [0, 0.1) is 0 Å². The van der Waals surface area contributed by atoms with Crippen LogP contribution in [-0.2, 0) is 11.2 Å². The number of rotatable bonds is 10. The van der Waals surface area contributed by atoms with Crippen LogP contribution in [-0.4, -0.2) is 29.5 Å². The number of nitrogens with one attached hydrogen (secondary N) is 2. The molecular weight excluding hydrogens is 340 g/mol. The molecule has 0 aliphatic carbocycles. The molecule has 5 nitrogen and oxygen atoms in total. The Balaban J connectivity index is 2.01. The molecule has 0 aromatic heterocycles. The average molecular weight is 368 g/mol. The fraction of sp³-hybridized carbons (Fsp3) is 0.364. The summed E-state index contributed by atoms with van der Waals surface area (Å²) < 4.78 is 0. The van der Waals surface area contributed by atoms with E-state index < -0.39 is 6.04 Å². The van der Waals surface area contributed by atoms with Gasteiger partial charge in [-0.25, -0.2) is 0 Å². The van der Waals surface area contributed by atoms with Gasteiger partial charge in [0, 0.05) is 18.5 Å². The molecule has 0 bridgehead atoms. The first-order valence-corrected chi connectivity index (χ1v) is 9.51. The number of hydrogen-bond acceptors (Lipinski definition) is 3. The summed E-state index contributed by atoms with van der Waals surface area (Å²) >= 11 is 0. The number of phenolic OH excluding ortho intramolecular Hbond substituents is 1. The van der Waals surface area contributed by atoms with Gasteiger partial charge in [-0.2, -0.15) is 0 Å². The van der Waals surface area contributed by atoms with Crippen LogP contribution < -0.4 is 10.6 Å². The van der Waals surface area contributed by atoms with E-state index in [2.05, 4.69) is 17.6 Å². The van der Waals surface area contributed by atoms with Crippen molar-refractivity contribution in [3.8, 4) is 5.75 Å². The highest BCUT2D eigenvalue weighted by atomic mass is 16.3. The lowest BCUT2D eigenvalue weighted by Gasteiger charge is -2.19. The van der Waals surface area contributed by atoms with Crippen LogP contribution in [0.15, 0.2) is 54.6 Å². The lowest BCUT2D eigenvalue weighted by Crippen LogP contribution is -2.48. The highest BCUT2D eigenvalue weighted by molar-refractivity contribution is 5.97. The third-order valence-corrected chi connectivity index (χ3v) is 4.36. The number of amides is 2. The lowest BCUT2D eigenvalue weighted by molar-refractivity contribution is -0.122. The third-order valence-electron chi connectivity index (χ3n) is 4.36. The Morgan fingerprint density at radius 2 is 1.67 bits per heavy atom. The SMILES string of the molecule is CCCCCCNC(=O)C(Cc1ccc(O)cc1)NC(=O)c1ccccc1. The molecule has 0 saturated heterocycles. The molecule has 0 fully saturated rings. The van der Waals surface area contributed by atoms with Gasteiger partial charge in [-0.1, -0.05) is 56.5 Å². The van der Waals surface area contributed by atoms with Crippen LogP contribution in [0.4, 0.5) is 0 Å². The van der Waals surface area contributed by atoms with E-state index in [1.165, 1.54) is 0 Å². The Morgan fingerprint density at radius 3 is 2.33 bits per heavy atom. The molecule has 3 N–H and O–H groups in total. The van der Waals surface area contributed by atoms with Gasteiger partial charge in [0.05, 0.1) is 0 Å². The first-order chi connectivity index (χ1) is 13.1. The third kappa shape index (κ3) is 7.13. The van der Waals surface area contributed by atoms with Gasteiger partial charge in [-0.3, -0.25) is 9.59 Å². The second-order valence-corrected chi connectivity index (χ2v) is 6.61. The highest BCUT2D eigenvalue weighted by Gasteiger charge is 2.21. The monoisotopic (exact) mass is 368 g/mol. The van der Waals surface area contributed by atoms with Crippen molar-refractivity contribution >= 4 is 11.8 Å². The maximum Gasteiger partial charge on any atom is 0.251 e. The predicted octanol–water partition coefficient (Wildman–Crippen LogP) is 3.43. The Labute approximate surface area is 160 Å². The quantitative estimate of drug-likeness (QED) is 0.562. The molecule has 0 saturated carbocycles. The molecule has 0 aliphatic rings. The van der Waals surface area contributed by atoms with Crippen molar-refractivity contribution in [3.05, 3.63) is 65.7 Å². The zero-order valence-corrected chi connectivity index (χ0v) is 15.8. The fourth-order valence-electron chi connectivity index (χ4n) is 2.79. The minimum absolute atomic E-state index is 0.170. The fourth-order valence-corrected chi connectivity index (χ4v) is 2.79. The minimum atomic E-state index is -0.673. The molecule has 2 aromatic carbocycles. The van der Waals surface area contributed by atoms with Crippen LogP contribution in [0.2, 0.25) is 0 Å². The summed E-state index contributed by atoms with van der Waals surface area (Å²) in [4.78, 5) is 25.1. The Kier molecular flexibility index (Phi) is 8.36. The van der Waals surface area contributed by atoms with Crippen LogP contribution >= 0.6 is 0 Å². The predicted molar refractivity (Wildman–Crippen MR) is 107 cm³/mol. The molecule has 0 aliphatic heterocycles. The average Bonchev–Trinajstić information content (AvgIpc) is 2.69. The number of aromatic hydroxyl groups is 1. The molecule has 2 amide bonds. The van der Waals surface area contributed by atoms with Gasteiger partial charge in [0.15, 0.2) is 0 Å². The minimum Gasteiger partial charge on any atom is -0.508 e. The summed E-state index contributed by atoms with van der Waals surface area (Å²) in [5.41, 5.74) is 1.39. The van der Waals surface area contributed by atoms with Gasteiger partial charge in [-0.15, -0.1) is 0 Å². The van der Waals surface area contributed by atoms with Crippen LogP contribution in [0.1, 0.15) is 48.5 Å². The highest BCUT2D eigenvalue weighted by Crippen LogP contribution is 2.12. The van der Waals surface area contributed by atoms with Crippen molar-refractivity contribution in [1.82, 2.24) is 10.6 Å².